The smallest absolute Gasteiger partial charge is 0.411 e. The highest BCUT2D eigenvalue weighted by Gasteiger charge is 2.57. The molecule has 1 aliphatic carbocycles. The average molecular weight is 287 g/mol. The molecule has 6 heteroatoms. The molecule has 5 nitrogen and oxygen atoms in total. The first kappa shape index (κ1) is 15.1. The third-order valence-corrected chi connectivity index (χ3v) is 3.74. The lowest BCUT2D eigenvalue weighted by Gasteiger charge is -2.36. The molecular formula is C14H22FNO4. The predicted molar refractivity (Wildman–Crippen MR) is 69.9 cm³/mol. The average Bonchev–Trinajstić information content (AvgIpc) is 2.82. The molecule has 4 atom stereocenters. The van der Waals surface area contributed by atoms with E-state index in [0.717, 1.165) is 0 Å². The highest BCUT2D eigenvalue weighted by Crippen LogP contribution is 2.45. The Kier molecular flexibility index (Phi) is 3.93. The van der Waals surface area contributed by atoms with Crippen molar-refractivity contribution in [3.63, 3.8) is 0 Å². The molecule has 20 heavy (non-hydrogen) atoms. The van der Waals surface area contributed by atoms with Gasteiger partial charge in [-0.3, -0.25) is 4.90 Å². The lowest BCUT2D eigenvalue weighted by atomic mass is 9.97. The van der Waals surface area contributed by atoms with E-state index in [0.29, 0.717) is 6.42 Å². The number of fused-ring (bicyclic) bond motifs is 2. The van der Waals surface area contributed by atoms with Crippen LogP contribution < -0.4 is 0 Å². The minimum absolute atomic E-state index is 0.214. The number of rotatable bonds is 2. The Hall–Kier alpha value is -1.33. The number of hydrogen-bond donors (Lipinski definition) is 0. The molecule has 114 valence electrons. The third-order valence-electron chi connectivity index (χ3n) is 3.74. The van der Waals surface area contributed by atoms with Crippen molar-refractivity contribution in [3.05, 3.63) is 0 Å². The summed E-state index contributed by atoms with van der Waals surface area (Å²) < 4.78 is 24.2. The standard InChI is InChI=1S/C14H22FNO4/c1-5-19-12(17)11-9-6-8(7-10(9)15)16(11)13(18)20-14(2,3)4/h8-11H,5-7H2,1-4H3/t8-,9-,10-,11+/m1/s1. The Bertz CT molecular complexity index is 406. The van der Waals surface area contributed by atoms with Gasteiger partial charge in [-0.05, 0) is 40.5 Å². The van der Waals surface area contributed by atoms with E-state index in [9.17, 15) is 14.0 Å². The topological polar surface area (TPSA) is 55.8 Å². The molecule has 0 spiro atoms. The van der Waals surface area contributed by atoms with E-state index in [1.165, 1.54) is 4.90 Å². The van der Waals surface area contributed by atoms with E-state index in [-0.39, 0.29) is 19.1 Å². The minimum Gasteiger partial charge on any atom is -0.464 e. The number of carbonyl (C=O) groups is 2. The zero-order chi connectivity index (χ0) is 15.1. The van der Waals surface area contributed by atoms with Gasteiger partial charge < -0.3 is 9.47 Å². The monoisotopic (exact) mass is 287 g/mol. The number of ether oxygens (including phenoxy) is 2. The van der Waals surface area contributed by atoms with Crippen LogP contribution in [-0.2, 0) is 14.3 Å². The van der Waals surface area contributed by atoms with Crippen LogP contribution in [0.15, 0.2) is 0 Å². The Morgan fingerprint density at radius 1 is 1.30 bits per heavy atom. The summed E-state index contributed by atoms with van der Waals surface area (Å²) in [4.78, 5) is 25.7. The number of hydrogen-bond acceptors (Lipinski definition) is 4. The van der Waals surface area contributed by atoms with Crippen LogP contribution in [-0.4, -0.2) is 47.4 Å². The Balaban J connectivity index is 2.17. The summed E-state index contributed by atoms with van der Waals surface area (Å²) >= 11 is 0. The number of likely N-dealkylation sites (tertiary alicyclic amines) is 1. The Labute approximate surface area is 118 Å². The normalized spacial score (nSPS) is 32.4. The van der Waals surface area contributed by atoms with Crippen LogP contribution in [0.3, 0.4) is 0 Å². The first-order chi connectivity index (χ1) is 9.24. The van der Waals surface area contributed by atoms with Gasteiger partial charge in [0.15, 0.2) is 0 Å². The van der Waals surface area contributed by atoms with Crippen molar-refractivity contribution in [2.24, 2.45) is 5.92 Å². The highest BCUT2D eigenvalue weighted by molar-refractivity contribution is 5.83. The van der Waals surface area contributed by atoms with Crippen LogP contribution in [0, 0.1) is 5.92 Å². The van der Waals surface area contributed by atoms with Crippen LogP contribution in [0.2, 0.25) is 0 Å². The molecule has 0 radical (unpaired) electrons. The number of halogens is 1. The van der Waals surface area contributed by atoms with Gasteiger partial charge in [0.25, 0.3) is 0 Å². The molecule has 0 N–H and O–H groups in total. The van der Waals surface area contributed by atoms with Gasteiger partial charge in [-0.2, -0.15) is 0 Å². The van der Waals surface area contributed by atoms with Crippen molar-refractivity contribution in [3.8, 4) is 0 Å². The summed E-state index contributed by atoms with van der Waals surface area (Å²) in [5.74, 6) is -1.00. The zero-order valence-electron chi connectivity index (χ0n) is 12.4. The van der Waals surface area contributed by atoms with E-state index in [2.05, 4.69) is 0 Å². The van der Waals surface area contributed by atoms with Gasteiger partial charge in [0.2, 0.25) is 0 Å². The Morgan fingerprint density at radius 3 is 2.50 bits per heavy atom. The van der Waals surface area contributed by atoms with Gasteiger partial charge in [0.05, 0.1) is 6.61 Å². The third kappa shape index (κ3) is 2.74. The fraction of sp³-hybridized carbons (Fsp3) is 0.857. The maximum absolute atomic E-state index is 13.9. The number of amides is 1. The molecule has 1 heterocycles. The van der Waals surface area contributed by atoms with Crippen LogP contribution in [0.1, 0.15) is 40.5 Å². The van der Waals surface area contributed by atoms with Gasteiger partial charge in [0.1, 0.15) is 17.8 Å². The number of nitrogens with zero attached hydrogens (tertiary/aromatic N) is 1. The van der Waals surface area contributed by atoms with Gasteiger partial charge in [-0.25, -0.2) is 14.0 Å². The fourth-order valence-electron chi connectivity index (χ4n) is 3.07. The number of esters is 1. The lowest BCUT2D eigenvalue weighted by molar-refractivity contribution is -0.152. The predicted octanol–water partition coefficient (Wildman–Crippen LogP) is 2.29. The van der Waals surface area contributed by atoms with Crippen molar-refractivity contribution in [1.82, 2.24) is 4.90 Å². The molecule has 0 unspecified atom stereocenters. The summed E-state index contributed by atoms with van der Waals surface area (Å²) in [6, 6.07) is -1.11. The van der Waals surface area contributed by atoms with Gasteiger partial charge in [-0.15, -0.1) is 0 Å². The van der Waals surface area contributed by atoms with Crippen molar-refractivity contribution >= 4 is 12.1 Å². The quantitative estimate of drug-likeness (QED) is 0.731. The van der Waals surface area contributed by atoms with Gasteiger partial charge >= 0.3 is 12.1 Å². The first-order valence-electron chi connectivity index (χ1n) is 7.06. The largest absolute Gasteiger partial charge is 0.464 e. The van der Waals surface area contributed by atoms with E-state index in [4.69, 9.17) is 9.47 Å². The van der Waals surface area contributed by atoms with E-state index in [1.807, 2.05) is 0 Å². The minimum atomic E-state index is -1.05. The summed E-state index contributed by atoms with van der Waals surface area (Å²) in [5, 5.41) is 0. The molecule has 1 aliphatic heterocycles. The maximum Gasteiger partial charge on any atom is 0.411 e. The van der Waals surface area contributed by atoms with E-state index >= 15 is 0 Å². The zero-order valence-corrected chi connectivity index (χ0v) is 12.4. The molecule has 0 aromatic rings. The van der Waals surface area contributed by atoms with Crippen LogP contribution in [0.4, 0.5) is 9.18 Å². The molecule has 1 saturated carbocycles. The van der Waals surface area contributed by atoms with Crippen molar-refractivity contribution in [2.75, 3.05) is 6.61 Å². The van der Waals surface area contributed by atoms with Crippen molar-refractivity contribution in [1.29, 1.82) is 0 Å². The second-order valence-electron chi connectivity index (χ2n) is 6.39. The fourth-order valence-corrected chi connectivity index (χ4v) is 3.07. The summed E-state index contributed by atoms with van der Waals surface area (Å²) in [7, 11) is 0. The summed E-state index contributed by atoms with van der Waals surface area (Å²) in [5.41, 5.74) is -0.646. The maximum atomic E-state index is 13.9. The molecule has 2 bridgehead atoms. The van der Waals surface area contributed by atoms with E-state index in [1.54, 1.807) is 27.7 Å². The van der Waals surface area contributed by atoms with E-state index < -0.39 is 35.8 Å². The molecule has 0 aromatic heterocycles. The summed E-state index contributed by atoms with van der Waals surface area (Å²) in [6.45, 7) is 7.19. The van der Waals surface area contributed by atoms with Gasteiger partial charge in [0, 0.05) is 12.0 Å². The second-order valence-corrected chi connectivity index (χ2v) is 6.39. The lowest BCUT2D eigenvalue weighted by Crippen LogP contribution is -2.53. The number of piperidine rings is 1. The SMILES string of the molecule is CCOC(=O)[C@@H]1[C@@H]2C[C@H](C[C@H]2F)N1C(=O)OC(C)(C)C. The first-order valence-corrected chi connectivity index (χ1v) is 7.06. The highest BCUT2D eigenvalue weighted by atomic mass is 19.1. The van der Waals surface area contributed by atoms with Crippen molar-refractivity contribution in [2.45, 2.75) is 64.4 Å². The number of alkyl halides is 1. The molecule has 0 aromatic carbocycles. The van der Waals surface area contributed by atoms with Gasteiger partial charge in [-0.1, -0.05) is 0 Å². The second kappa shape index (κ2) is 5.22. The molecule has 2 fully saturated rings. The summed E-state index contributed by atoms with van der Waals surface area (Å²) in [6.07, 6.45) is -0.827. The molecular weight excluding hydrogens is 265 g/mol. The molecule has 2 aliphatic rings. The van der Waals surface area contributed by atoms with Crippen LogP contribution in [0.5, 0.6) is 0 Å². The molecule has 1 amide bonds. The van der Waals surface area contributed by atoms with Crippen molar-refractivity contribution < 1.29 is 23.5 Å². The Morgan fingerprint density at radius 2 is 1.95 bits per heavy atom. The molecule has 2 rings (SSSR count). The van der Waals surface area contributed by atoms with Crippen LogP contribution in [0.25, 0.3) is 0 Å². The molecule has 1 saturated heterocycles. The van der Waals surface area contributed by atoms with Crippen LogP contribution >= 0.6 is 0 Å². The number of carbonyl (C=O) groups excluding carboxylic acids is 2.